The molecule has 0 aliphatic carbocycles. The summed E-state index contributed by atoms with van der Waals surface area (Å²) in [7, 11) is -1.89. The molecule has 0 aliphatic heterocycles. The van der Waals surface area contributed by atoms with Crippen molar-refractivity contribution in [3.05, 3.63) is 71.3 Å². The molecule has 0 saturated heterocycles. The molecule has 0 fully saturated rings. The van der Waals surface area contributed by atoms with Crippen LogP contribution in [0.4, 0.5) is 0 Å². The SMILES string of the molecule is CNS(=O)(=O)Cc1ccc(CNC(=O)COCc2ccccc2)cc1. The van der Waals surface area contributed by atoms with Crippen molar-refractivity contribution < 1.29 is 17.9 Å². The molecule has 0 bridgehead atoms. The van der Waals surface area contributed by atoms with E-state index in [4.69, 9.17) is 4.74 Å². The van der Waals surface area contributed by atoms with E-state index in [9.17, 15) is 13.2 Å². The first kappa shape index (κ1) is 19.1. The largest absolute Gasteiger partial charge is 0.367 e. The van der Waals surface area contributed by atoms with Crippen LogP contribution in [-0.2, 0) is 38.5 Å². The Morgan fingerprint density at radius 2 is 1.60 bits per heavy atom. The van der Waals surface area contributed by atoms with Gasteiger partial charge in [0.05, 0.1) is 12.4 Å². The highest BCUT2D eigenvalue weighted by Crippen LogP contribution is 2.07. The molecule has 0 spiro atoms. The Kier molecular flexibility index (Phi) is 7.12. The molecule has 0 atom stereocenters. The van der Waals surface area contributed by atoms with Gasteiger partial charge in [0.25, 0.3) is 0 Å². The maximum atomic E-state index is 11.8. The van der Waals surface area contributed by atoms with Gasteiger partial charge in [-0.05, 0) is 23.7 Å². The van der Waals surface area contributed by atoms with Gasteiger partial charge in [0.1, 0.15) is 6.61 Å². The van der Waals surface area contributed by atoms with E-state index in [1.807, 2.05) is 30.3 Å². The second kappa shape index (κ2) is 9.31. The van der Waals surface area contributed by atoms with Crippen LogP contribution in [0.15, 0.2) is 54.6 Å². The van der Waals surface area contributed by atoms with Crippen LogP contribution in [0.2, 0.25) is 0 Å². The number of benzene rings is 2. The third-order valence-electron chi connectivity index (χ3n) is 3.53. The van der Waals surface area contributed by atoms with Crippen LogP contribution in [0, 0.1) is 0 Å². The van der Waals surface area contributed by atoms with Crippen LogP contribution >= 0.6 is 0 Å². The summed E-state index contributed by atoms with van der Waals surface area (Å²) in [4.78, 5) is 11.8. The van der Waals surface area contributed by atoms with Gasteiger partial charge in [0, 0.05) is 6.54 Å². The molecule has 2 N–H and O–H groups in total. The van der Waals surface area contributed by atoms with E-state index in [0.717, 1.165) is 11.1 Å². The number of ether oxygens (including phenoxy) is 1. The summed E-state index contributed by atoms with van der Waals surface area (Å²) >= 11 is 0. The van der Waals surface area contributed by atoms with Crippen molar-refractivity contribution in [3.8, 4) is 0 Å². The molecule has 2 rings (SSSR count). The van der Waals surface area contributed by atoms with Gasteiger partial charge in [-0.3, -0.25) is 4.79 Å². The summed E-state index contributed by atoms with van der Waals surface area (Å²) < 4.78 is 30.6. The minimum absolute atomic E-state index is 0.00656. The van der Waals surface area contributed by atoms with Crippen LogP contribution in [0.3, 0.4) is 0 Å². The third kappa shape index (κ3) is 7.04. The molecule has 1 amide bonds. The number of hydrogen-bond donors (Lipinski definition) is 2. The molecule has 0 saturated carbocycles. The highest BCUT2D eigenvalue weighted by atomic mass is 32.2. The number of carbonyl (C=O) groups excluding carboxylic acids is 1. The molecule has 6 nitrogen and oxygen atoms in total. The van der Waals surface area contributed by atoms with E-state index in [2.05, 4.69) is 10.0 Å². The molecule has 134 valence electrons. The topological polar surface area (TPSA) is 84.5 Å². The second-order valence-corrected chi connectivity index (χ2v) is 7.46. The Balaban J connectivity index is 1.72. The predicted octanol–water partition coefficient (Wildman–Crippen LogP) is 1.57. The fourth-order valence-electron chi connectivity index (χ4n) is 2.13. The van der Waals surface area contributed by atoms with E-state index in [0.29, 0.717) is 18.7 Å². The summed E-state index contributed by atoms with van der Waals surface area (Å²) in [6.45, 7) is 0.753. The van der Waals surface area contributed by atoms with Crippen molar-refractivity contribution in [1.82, 2.24) is 10.0 Å². The van der Waals surface area contributed by atoms with Crippen LogP contribution in [0.1, 0.15) is 16.7 Å². The van der Waals surface area contributed by atoms with Crippen molar-refractivity contribution in [2.24, 2.45) is 0 Å². The minimum atomic E-state index is -3.28. The summed E-state index contributed by atoms with van der Waals surface area (Å²) in [5.74, 6) is -0.263. The molecule has 0 unspecified atom stereocenters. The molecule has 7 heteroatoms. The highest BCUT2D eigenvalue weighted by molar-refractivity contribution is 7.88. The van der Waals surface area contributed by atoms with Crippen molar-refractivity contribution in [1.29, 1.82) is 0 Å². The lowest BCUT2D eigenvalue weighted by molar-refractivity contribution is -0.126. The molecule has 0 heterocycles. The van der Waals surface area contributed by atoms with Crippen LogP contribution in [0.25, 0.3) is 0 Å². The van der Waals surface area contributed by atoms with Crippen LogP contribution in [0.5, 0.6) is 0 Å². The van der Waals surface area contributed by atoms with Crippen LogP contribution in [-0.4, -0.2) is 28.0 Å². The average molecular weight is 362 g/mol. The second-order valence-electron chi connectivity index (χ2n) is 5.53. The zero-order valence-corrected chi connectivity index (χ0v) is 14.9. The zero-order valence-electron chi connectivity index (χ0n) is 14.1. The number of amides is 1. The smallest absolute Gasteiger partial charge is 0.246 e. The minimum Gasteiger partial charge on any atom is -0.367 e. The third-order valence-corrected chi connectivity index (χ3v) is 4.86. The fraction of sp³-hybridized carbons (Fsp3) is 0.278. The van der Waals surface area contributed by atoms with Gasteiger partial charge < -0.3 is 10.1 Å². The Bertz CT molecular complexity index is 774. The Hall–Kier alpha value is -2.22. The molecule has 0 aromatic heterocycles. The fourth-order valence-corrected chi connectivity index (χ4v) is 2.91. The summed E-state index contributed by atoms with van der Waals surface area (Å²) in [6.07, 6.45) is 0. The van der Waals surface area contributed by atoms with E-state index < -0.39 is 10.0 Å². The molecular formula is C18H22N2O4S. The first-order valence-corrected chi connectivity index (χ1v) is 9.51. The van der Waals surface area contributed by atoms with E-state index in [-0.39, 0.29) is 18.3 Å². The lowest BCUT2D eigenvalue weighted by atomic mass is 10.1. The number of rotatable bonds is 9. The van der Waals surface area contributed by atoms with Crippen molar-refractivity contribution in [2.75, 3.05) is 13.7 Å². The number of sulfonamides is 1. The molecular weight excluding hydrogens is 340 g/mol. The Morgan fingerprint density at radius 3 is 2.24 bits per heavy atom. The highest BCUT2D eigenvalue weighted by Gasteiger charge is 2.08. The monoisotopic (exact) mass is 362 g/mol. The summed E-state index contributed by atoms with van der Waals surface area (Å²) in [5.41, 5.74) is 2.60. The average Bonchev–Trinajstić information content (AvgIpc) is 2.62. The van der Waals surface area contributed by atoms with Gasteiger partial charge in [-0.25, -0.2) is 13.1 Å². The molecule has 2 aromatic carbocycles. The van der Waals surface area contributed by atoms with Gasteiger partial charge in [-0.1, -0.05) is 54.6 Å². The first-order valence-electron chi connectivity index (χ1n) is 7.86. The Labute approximate surface area is 148 Å². The normalized spacial score (nSPS) is 11.2. The number of nitrogens with one attached hydrogen (secondary N) is 2. The van der Waals surface area contributed by atoms with Crippen LogP contribution < -0.4 is 10.0 Å². The lowest BCUT2D eigenvalue weighted by Crippen LogP contribution is -2.27. The van der Waals surface area contributed by atoms with E-state index in [1.54, 1.807) is 24.3 Å². The molecule has 25 heavy (non-hydrogen) atoms. The van der Waals surface area contributed by atoms with Gasteiger partial charge in [0.2, 0.25) is 15.9 Å². The summed E-state index contributed by atoms with van der Waals surface area (Å²) in [6, 6.07) is 16.7. The number of carbonyl (C=O) groups is 1. The first-order chi connectivity index (χ1) is 12.0. The lowest BCUT2D eigenvalue weighted by Gasteiger charge is -2.08. The predicted molar refractivity (Wildman–Crippen MR) is 96.1 cm³/mol. The molecule has 0 radical (unpaired) electrons. The Morgan fingerprint density at radius 1 is 0.960 bits per heavy atom. The van der Waals surface area contributed by atoms with Crippen molar-refractivity contribution in [2.45, 2.75) is 18.9 Å². The zero-order chi connectivity index (χ0) is 18.1. The number of hydrogen-bond acceptors (Lipinski definition) is 4. The van der Waals surface area contributed by atoms with E-state index in [1.165, 1.54) is 7.05 Å². The maximum Gasteiger partial charge on any atom is 0.246 e. The van der Waals surface area contributed by atoms with Gasteiger partial charge in [-0.2, -0.15) is 0 Å². The van der Waals surface area contributed by atoms with Crippen molar-refractivity contribution in [3.63, 3.8) is 0 Å². The maximum absolute atomic E-state index is 11.8. The quantitative estimate of drug-likeness (QED) is 0.709. The molecule has 2 aromatic rings. The van der Waals surface area contributed by atoms with Gasteiger partial charge in [-0.15, -0.1) is 0 Å². The standard InChI is InChI=1S/C18H22N2O4S/c1-19-25(22,23)14-17-9-7-15(8-10-17)11-20-18(21)13-24-12-16-5-3-2-4-6-16/h2-10,19H,11-14H2,1H3,(H,20,21). The van der Waals surface area contributed by atoms with Gasteiger partial charge >= 0.3 is 0 Å². The van der Waals surface area contributed by atoms with E-state index >= 15 is 0 Å². The van der Waals surface area contributed by atoms with Gasteiger partial charge in [0.15, 0.2) is 0 Å². The molecule has 0 aliphatic rings. The summed E-state index contributed by atoms with van der Waals surface area (Å²) in [5, 5.41) is 2.77. The van der Waals surface area contributed by atoms with Crippen molar-refractivity contribution >= 4 is 15.9 Å².